The number of ether oxygens (including phenoxy) is 2. The zero-order valence-electron chi connectivity index (χ0n) is 11.6. The Morgan fingerprint density at radius 3 is 2.95 bits per heavy atom. The van der Waals surface area contributed by atoms with E-state index in [1.807, 2.05) is 0 Å². The third-order valence-electron chi connectivity index (χ3n) is 3.10. The number of aromatic nitrogens is 2. The number of carbonyl (C=O) groups excluding carboxylic acids is 1. The molecule has 1 aromatic carbocycles. The number of hydrogen-bond donors (Lipinski definition) is 1. The molecule has 0 unspecified atom stereocenters. The summed E-state index contributed by atoms with van der Waals surface area (Å²) in [7, 11) is 0. The van der Waals surface area contributed by atoms with E-state index in [1.54, 1.807) is 24.3 Å². The predicted octanol–water partition coefficient (Wildman–Crippen LogP) is 2.89. The summed E-state index contributed by atoms with van der Waals surface area (Å²) in [5.41, 5.74) is 0. The van der Waals surface area contributed by atoms with Crippen LogP contribution >= 0.6 is 22.9 Å². The first kappa shape index (κ1) is 15.2. The number of rotatable bonds is 5. The molecule has 1 amide bonds. The zero-order valence-corrected chi connectivity index (χ0v) is 13.2. The third kappa shape index (κ3) is 3.94. The molecule has 1 aliphatic rings. The van der Waals surface area contributed by atoms with Crippen LogP contribution in [0, 0.1) is 0 Å². The smallest absolute Gasteiger partial charge is 0.255 e. The van der Waals surface area contributed by atoms with Crippen LogP contribution in [-0.4, -0.2) is 28.8 Å². The third-order valence-corrected chi connectivity index (χ3v) is 4.16. The van der Waals surface area contributed by atoms with Crippen LogP contribution in [0.5, 0.6) is 5.75 Å². The van der Waals surface area contributed by atoms with Crippen LogP contribution in [-0.2, 0) is 16.1 Å². The second-order valence-corrected chi connectivity index (χ2v) is 6.23. The minimum atomic E-state index is -0.377. The van der Waals surface area contributed by atoms with Gasteiger partial charge in [-0.05, 0) is 37.1 Å². The minimum absolute atomic E-state index is 0.168. The second kappa shape index (κ2) is 7.04. The highest BCUT2D eigenvalue weighted by molar-refractivity contribution is 7.15. The lowest BCUT2D eigenvalue weighted by atomic mass is 10.2. The van der Waals surface area contributed by atoms with Crippen molar-refractivity contribution >= 4 is 34.0 Å². The molecule has 22 heavy (non-hydrogen) atoms. The lowest BCUT2D eigenvalue weighted by Gasteiger charge is -2.07. The Bertz CT molecular complexity index is 641. The normalized spacial score (nSPS) is 17.4. The van der Waals surface area contributed by atoms with E-state index in [9.17, 15) is 4.79 Å². The minimum Gasteiger partial charge on any atom is -0.486 e. The summed E-state index contributed by atoms with van der Waals surface area (Å²) in [6, 6.07) is 7.07. The van der Waals surface area contributed by atoms with Crippen molar-refractivity contribution in [1.82, 2.24) is 10.2 Å². The molecule has 0 spiro atoms. The van der Waals surface area contributed by atoms with E-state index >= 15 is 0 Å². The van der Waals surface area contributed by atoms with Crippen LogP contribution < -0.4 is 10.1 Å². The van der Waals surface area contributed by atoms with Crippen LogP contribution in [0.25, 0.3) is 0 Å². The Kier molecular flexibility index (Phi) is 4.87. The van der Waals surface area contributed by atoms with E-state index in [4.69, 9.17) is 21.1 Å². The number of hydrogen-bond acceptors (Lipinski definition) is 6. The molecule has 1 saturated heterocycles. The Morgan fingerprint density at radius 1 is 1.41 bits per heavy atom. The van der Waals surface area contributed by atoms with Gasteiger partial charge in [-0.25, -0.2) is 0 Å². The Morgan fingerprint density at radius 2 is 2.23 bits per heavy atom. The van der Waals surface area contributed by atoms with Crippen LogP contribution in [0.1, 0.15) is 17.8 Å². The molecule has 1 fully saturated rings. The van der Waals surface area contributed by atoms with Gasteiger partial charge in [-0.3, -0.25) is 10.1 Å². The maximum Gasteiger partial charge on any atom is 0.255 e. The van der Waals surface area contributed by atoms with Crippen molar-refractivity contribution < 1.29 is 14.3 Å². The van der Waals surface area contributed by atoms with Crippen molar-refractivity contribution in [2.45, 2.75) is 25.6 Å². The van der Waals surface area contributed by atoms with Gasteiger partial charge in [-0.1, -0.05) is 22.9 Å². The maximum absolute atomic E-state index is 11.9. The SMILES string of the molecule is O=C(Nc1nnc(COc2ccc(Cl)cc2)s1)[C@@H]1CCCO1. The Labute approximate surface area is 136 Å². The zero-order chi connectivity index (χ0) is 15.4. The molecule has 1 aromatic heterocycles. The number of nitrogens with zero attached hydrogens (tertiary/aromatic N) is 2. The molecule has 2 heterocycles. The van der Waals surface area contributed by atoms with Gasteiger partial charge in [0.25, 0.3) is 5.91 Å². The standard InChI is InChI=1S/C14H14ClN3O3S/c15-9-3-5-10(6-4-9)21-8-12-17-18-14(22-12)16-13(19)11-2-1-7-20-11/h3-6,11H,1-2,7-8H2,(H,16,18,19)/t11-/m0/s1. The molecular weight excluding hydrogens is 326 g/mol. The first-order valence-corrected chi connectivity index (χ1v) is 8.03. The average Bonchev–Trinajstić information content (AvgIpc) is 3.18. The molecule has 0 bridgehead atoms. The number of amides is 1. The van der Waals surface area contributed by atoms with E-state index < -0.39 is 0 Å². The van der Waals surface area contributed by atoms with Gasteiger partial charge < -0.3 is 9.47 Å². The molecule has 2 aromatic rings. The molecule has 1 N–H and O–H groups in total. The average molecular weight is 340 g/mol. The van der Waals surface area contributed by atoms with Crippen molar-refractivity contribution in [3.05, 3.63) is 34.3 Å². The van der Waals surface area contributed by atoms with E-state index in [1.165, 1.54) is 11.3 Å². The summed E-state index contributed by atoms with van der Waals surface area (Å²) >= 11 is 7.09. The summed E-state index contributed by atoms with van der Waals surface area (Å²) in [4.78, 5) is 11.9. The molecule has 1 aliphatic heterocycles. The molecule has 0 radical (unpaired) electrons. The monoisotopic (exact) mass is 339 g/mol. The molecular formula is C14H14ClN3O3S. The first-order chi connectivity index (χ1) is 10.7. The fourth-order valence-corrected chi connectivity index (χ4v) is 2.79. The van der Waals surface area contributed by atoms with Crippen molar-refractivity contribution in [3.8, 4) is 5.75 Å². The van der Waals surface area contributed by atoms with Gasteiger partial charge in [0, 0.05) is 11.6 Å². The highest BCUT2D eigenvalue weighted by atomic mass is 35.5. The van der Waals surface area contributed by atoms with Crippen molar-refractivity contribution in [2.24, 2.45) is 0 Å². The number of carbonyl (C=O) groups is 1. The van der Waals surface area contributed by atoms with Gasteiger partial charge in [0.1, 0.15) is 18.5 Å². The summed E-state index contributed by atoms with van der Waals surface area (Å²) in [6.07, 6.45) is 1.28. The number of halogens is 1. The Balaban J connectivity index is 1.52. The number of nitrogens with one attached hydrogen (secondary N) is 1. The number of anilines is 1. The summed E-state index contributed by atoms with van der Waals surface area (Å²) < 4.78 is 10.9. The van der Waals surface area contributed by atoms with Crippen LogP contribution in [0.3, 0.4) is 0 Å². The molecule has 8 heteroatoms. The van der Waals surface area contributed by atoms with E-state index in [0.717, 1.165) is 12.8 Å². The topological polar surface area (TPSA) is 73.3 Å². The van der Waals surface area contributed by atoms with Gasteiger partial charge in [-0.15, -0.1) is 10.2 Å². The van der Waals surface area contributed by atoms with Crippen molar-refractivity contribution in [3.63, 3.8) is 0 Å². The molecule has 6 nitrogen and oxygen atoms in total. The molecule has 116 valence electrons. The largest absolute Gasteiger partial charge is 0.486 e. The lowest BCUT2D eigenvalue weighted by Crippen LogP contribution is -2.26. The van der Waals surface area contributed by atoms with Gasteiger partial charge in [-0.2, -0.15) is 0 Å². The van der Waals surface area contributed by atoms with Crippen LogP contribution in [0.4, 0.5) is 5.13 Å². The van der Waals surface area contributed by atoms with Crippen molar-refractivity contribution in [2.75, 3.05) is 11.9 Å². The van der Waals surface area contributed by atoms with Gasteiger partial charge in [0.15, 0.2) is 5.01 Å². The van der Waals surface area contributed by atoms with Crippen LogP contribution in [0.15, 0.2) is 24.3 Å². The summed E-state index contributed by atoms with van der Waals surface area (Å²) in [6.45, 7) is 0.920. The quantitative estimate of drug-likeness (QED) is 0.906. The molecule has 3 rings (SSSR count). The molecule has 0 saturated carbocycles. The number of benzene rings is 1. The van der Waals surface area contributed by atoms with Gasteiger partial charge in [0.2, 0.25) is 5.13 Å². The predicted molar refractivity (Wildman–Crippen MR) is 83.3 cm³/mol. The molecule has 1 atom stereocenters. The fraction of sp³-hybridized carbons (Fsp3) is 0.357. The summed E-state index contributed by atoms with van der Waals surface area (Å²) in [5, 5.41) is 12.4. The fourth-order valence-electron chi connectivity index (χ4n) is 2.01. The molecule has 0 aliphatic carbocycles. The maximum atomic E-state index is 11.9. The van der Waals surface area contributed by atoms with Gasteiger partial charge in [0.05, 0.1) is 0 Å². The lowest BCUT2D eigenvalue weighted by molar-refractivity contribution is -0.124. The highest BCUT2D eigenvalue weighted by Gasteiger charge is 2.24. The summed E-state index contributed by atoms with van der Waals surface area (Å²) in [5.74, 6) is 0.531. The first-order valence-electron chi connectivity index (χ1n) is 6.84. The van der Waals surface area contributed by atoms with E-state index in [-0.39, 0.29) is 18.6 Å². The second-order valence-electron chi connectivity index (χ2n) is 4.73. The van der Waals surface area contributed by atoms with Gasteiger partial charge >= 0.3 is 0 Å². The van der Waals surface area contributed by atoms with Crippen molar-refractivity contribution in [1.29, 1.82) is 0 Å². The van der Waals surface area contributed by atoms with E-state index in [2.05, 4.69) is 15.5 Å². The highest BCUT2D eigenvalue weighted by Crippen LogP contribution is 2.21. The van der Waals surface area contributed by atoms with Crippen LogP contribution in [0.2, 0.25) is 5.02 Å². The van der Waals surface area contributed by atoms with E-state index in [0.29, 0.717) is 27.5 Å². The Hall–Kier alpha value is -1.70.